The van der Waals surface area contributed by atoms with Gasteiger partial charge in [0, 0.05) is 0 Å². The predicted molar refractivity (Wildman–Crippen MR) is 93.9 cm³/mol. The van der Waals surface area contributed by atoms with Gasteiger partial charge < -0.3 is 5.11 Å². The number of carboxylic acid groups (broad SMARTS) is 1. The molecule has 0 aliphatic heterocycles. The lowest BCUT2D eigenvalue weighted by Crippen LogP contribution is -2.08. The first-order chi connectivity index (χ1) is 10.4. The molecule has 0 radical (unpaired) electrons. The number of aliphatic carboxylic acids is 1. The monoisotopic (exact) mass is 304 g/mol. The summed E-state index contributed by atoms with van der Waals surface area (Å²) in [5, 5.41) is 8.86. The highest BCUT2D eigenvalue weighted by Crippen LogP contribution is 2.29. The molecule has 124 valence electrons. The first kappa shape index (κ1) is 18.7. The summed E-state index contributed by atoms with van der Waals surface area (Å²) in [6.07, 6.45) is 14.5. The maximum Gasteiger partial charge on any atom is 0.306 e. The van der Waals surface area contributed by atoms with Gasteiger partial charge in [-0.15, -0.1) is 0 Å². The molecule has 0 fully saturated rings. The minimum atomic E-state index is -0.683. The van der Waals surface area contributed by atoms with Gasteiger partial charge in [-0.1, -0.05) is 41.9 Å². The van der Waals surface area contributed by atoms with Gasteiger partial charge in [-0.25, -0.2) is 0 Å². The van der Waals surface area contributed by atoms with Gasteiger partial charge in [-0.3, -0.25) is 4.79 Å². The Hall–Kier alpha value is -1.31. The molecule has 0 aromatic rings. The van der Waals surface area contributed by atoms with E-state index in [4.69, 9.17) is 5.11 Å². The highest BCUT2D eigenvalue weighted by atomic mass is 16.4. The highest BCUT2D eigenvalue weighted by molar-refractivity contribution is 5.69. The van der Waals surface area contributed by atoms with E-state index in [1.165, 1.54) is 36.0 Å². The largest absolute Gasteiger partial charge is 0.481 e. The Bertz CT molecular complexity index is 454. The van der Waals surface area contributed by atoms with Crippen molar-refractivity contribution in [3.63, 3.8) is 0 Å². The van der Waals surface area contributed by atoms with E-state index in [-0.39, 0.29) is 5.92 Å². The van der Waals surface area contributed by atoms with Crippen molar-refractivity contribution >= 4 is 5.97 Å². The Balaban J connectivity index is 2.31. The first-order valence-electron chi connectivity index (χ1n) is 8.61. The fourth-order valence-electron chi connectivity index (χ4n) is 2.90. The SMILES string of the molecule is CC1=CC[C@@H](/C(C)=C/C/C=C(\C)CCC[C@@H](C)C(=O)O)CC1. The van der Waals surface area contributed by atoms with Crippen molar-refractivity contribution in [2.75, 3.05) is 0 Å². The summed E-state index contributed by atoms with van der Waals surface area (Å²) in [4.78, 5) is 10.8. The predicted octanol–water partition coefficient (Wildman–Crippen LogP) is 5.91. The molecular weight excluding hydrogens is 272 g/mol. The Kier molecular flexibility index (Phi) is 8.22. The molecule has 0 aromatic carbocycles. The molecule has 0 saturated carbocycles. The van der Waals surface area contributed by atoms with E-state index in [1.54, 1.807) is 6.92 Å². The molecule has 0 heterocycles. The minimum absolute atomic E-state index is 0.224. The maximum absolute atomic E-state index is 10.8. The molecule has 2 heteroatoms. The number of allylic oxidation sites excluding steroid dienone is 6. The Morgan fingerprint density at radius 2 is 2.14 bits per heavy atom. The number of rotatable bonds is 8. The first-order valence-corrected chi connectivity index (χ1v) is 8.61. The van der Waals surface area contributed by atoms with Crippen LogP contribution in [0.3, 0.4) is 0 Å². The van der Waals surface area contributed by atoms with Crippen LogP contribution in [0.1, 0.15) is 72.6 Å². The van der Waals surface area contributed by atoms with E-state index in [2.05, 4.69) is 39.0 Å². The van der Waals surface area contributed by atoms with Crippen molar-refractivity contribution in [3.8, 4) is 0 Å². The van der Waals surface area contributed by atoms with Crippen LogP contribution in [0, 0.1) is 11.8 Å². The van der Waals surface area contributed by atoms with E-state index < -0.39 is 5.97 Å². The molecule has 1 aliphatic rings. The van der Waals surface area contributed by atoms with Crippen LogP contribution in [0.25, 0.3) is 0 Å². The smallest absolute Gasteiger partial charge is 0.306 e. The molecule has 0 saturated heterocycles. The quantitative estimate of drug-likeness (QED) is 0.566. The zero-order chi connectivity index (χ0) is 16.5. The summed E-state index contributed by atoms with van der Waals surface area (Å²) < 4.78 is 0. The molecule has 0 bridgehead atoms. The zero-order valence-electron chi connectivity index (χ0n) is 14.7. The summed E-state index contributed by atoms with van der Waals surface area (Å²) in [5.41, 5.74) is 4.43. The Labute approximate surface area is 136 Å². The van der Waals surface area contributed by atoms with Crippen molar-refractivity contribution in [1.82, 2.24) is 0 Å². The van der Waals surface area contributed by atoms with Crippen LogP contribution in [0.4, 0.5) is 0 Å². The summed E-state index contributed by atoms with van der Waals surface area (Å²) in [6, 6.07) is 0. The summed E-state index contributed by atoms with van der Waals surface area (Å²) in [6.45, 7) is 8.43. The molecule has 0 unspecified atom stereocenters. The Morgan fingerprint density at radius 3 is 2.73 bits per heavy atom. The maximum atomic E-state index is 10.8. The number of carbonyl (C=O) groups is 1. The minimum Gasteiger partial charge on any atom is -0.481 e. The number of hydrogen-bond donors (Lipinski definition) is 1. The van der Waals surface area contributed by atoms with Crippen molar-refractivity contribution in [2.24, 2.45) is 11.8 Å². The van der Waals surface area contributed by atoms with Gasteiger partial charge in [-0.2, -0.15) is 0 Å². The third kappa shape index (κ3) is 7.11. The van der Waals surface area contributed by atoms with E-state index in [0.29, 0.717) is 0 Å². The average Bonchev–Trinajstić information content (AvgIpc) is 2.47. The standard InChI is InChI=1S/C20H32O2/c1-15(8-6-10-18(4)20(21)22)7-5-9-17(3)19-13-11-16(2)12-14-19/h7,9,11,18-19H,5-6,8,10,12-14H2,1-4H3,(H,21,22)/b15-7+,17-9+/t18-,19-/m1/s1. The molecule has 0 aromatic heterocycles. The fourth-order valence-corrected chi connectivity index (χ4v) is 2.90. The van der Waals surface area contributed by atoms with Crippen molar-refractivity contribution in [2.45, 2.75) is 72.6 Å². The zero-order valence-corrected chi connectivity index (χ0v) is 14.7. The van der Waals surface area contributed by atoms with Crippen molar-refractivity contribution in [3.05, 3.63) is 34.9 Å². The van der Waals surface area contributed by atoms with Gasteiger partial charge in [0.2, 0.25) is 0 Å². The lowest BCUT2D eigenvalue weighted by atomic mass is 9.85. The average molecular weight is 304 g/mol. The second kappa shape index (κ2) is 9.66. The molecule has 2 nitrogen and oxygen atoms in total. The van der Waals surface area contributed by atoms with Crippen molar-refractivity contribution < 1.29 is 9.90 Å². The lowest BCUT2D eigenvalue weighted by Gasteiger charge is -2.21. The van der Waals surface area contributed by atoms with Crippen LogP contribution in [-0.4, -0.2) is 11.1 Å². The normalized spacial score (nSPS) is 21.5. The molecule has 0 amide bonds. The molecule has 22 heavy (non-hydrogen) atoms. The summed E-state index contributed by atoms with van der Waals surface area (Å²) in [5.74, 6) is -0.177. The molecule has 1 N–H and O–H groups in total. The Morgan fingerprint density at radius 1 is 1.41 bits per heavy atom. The number of hydrogen-bond acceptors (Lipinski definition) is 1. The van der Waals surface area contributed by atoms with Gasteiger partial charge in [0.1, 0.15) is 0 Å². The van der Waals surface area contributed by atoms with Crippen LogP contribution in [0.15, 0.2) is 34.9 Å². The molecular formula is C20H32O2. The van der Waals surface area contributed by atoms with Crippen LogP contribution < -0.4 is 0 Å². The van der Waals surface area contributed by atoms with Crippen LogP contribution >= 0.6 is 0 Å². The second-order valence-corrected chi connectivity index (χ2v) is 6.89. The van der Waals surface area contributed by atoms with Gasteiger partial charge in [0.05, 0.1) is 5.92 Å². The lowest BCUT2D eigenvalue weighted by molar-refractivity contribution is -0.141. The fraction of sp³-hybridized carbons (Fsp3) is 0.650. The van der Waals surface area contributed by atoms with E-state index in [9.17, 15) is 4.79 Å². The van der Waals surface area contributed by atoms with E-state index >= 15 is 0 Å². The van der Waals surface area contributed by atoms with Crippen LogP contribution in [-0.2, 0) is 4.79 Å². The highest BCUT2D eigenvalue weighted by Gasteiger charge is 2.13. The second-order valence-electron chi connectivity index (χ2n) is 6.89. The molecule has 2 atom stereocenters. The van der Waals surface area contributed by atoms with Gasteiger partial charge in [0.15, 0.2) is 0 Å². The summed E-state index contributed by atoms with van der Waals surface area (Å²) >= 11 is 0. The van der Waals surface area contributed by atoms with Crippen molar-refractivity contribution in [1.29, 1.82) is 0 Å². The van der Waals surface area contributed by atoms with Crippen LogP contribution in [0.5, 0.6) is 0 Å². The van der Waals surface area contributed by atoms with E-state index in [1.807, 2.05) is 0 Å². The third-order valence-corrected chi connectivity index (χ3v) is 4.82. The third-order valence-electron chi connectivity index (χ3n) is 4.82. The topological polar surface area (TPSA) is 37.3 Å². The number of carboxylic acids is 1. The van der Waals surface area contributed by atoms with E-state index in [0.717, 1.165) is 31.6 Å². The molecule has 0 spiro atoms. The van der Waals surface area contributed by atoms with Crippen LogP contribution in [0.2, 0.25) is 0 Å². The molecule has 1 aliphatic carbocycles. The van der Waals surface area contributed by atoms with Gasteiger partial charge >= 0.3 is 5.97 Å². The summed E-state index contributed by atoms with van der Waals surface area (Å²) in [7, 11) is 0. The molecule has 1 rings (SSSR count). The van der Waals surface area contributed by atoms with Gasteiger partial charge in [-0.05, 0) is 71.6 Å². The van der Waals surface area contributed by atoms with Gasteiger partial charge in [0.25, 0.3) is 0 Å².